The predicted octanol–water partition coefficient (Wildman–Crippen LogP) is -0.00500. The molecule has 8 nitrogen and oxygen atoms in total. The lowest BCUT2D eigenvalue weighted by Gasteiger charge is -2.16. The summed E-state index contributed by atoms with van der Waals surface area (Å²) in [4.78, 5) is 27.2. The molecule has 0 saturated carbocycles. The number of hydrazine groups is 1. The van der Waals surface area contributed by atoms with Gasteiger partial charge in [-0.15, -0.1) is 0 Å². The summed E-state index contributed by atoms with van der Waals surface area (Å²) in [6, 6.07) is 2.95. The minimum atomic E-state index is -0.503. The third-order valence-corrected chi connectivity index (χ3v) is 2.93. The van der Waals surface area contributed by atoms with E-state index in [0.717, 1.165) is 0 Å². The molecule has 10 heteroatoms. The highest BCUT2D eigenvalue weighted by atomic mass is 35.5. The molecule has 0 bridgehead atoms. The van der Waals surface area contributed by atoms with Gasteiger partial charge in [-0.05, 0) is 31.3 Å². The minimum absolute atomic E-state index is 0.00879. The second kappa shape index (κ2) is 9.93. The van der Waals surface area contributed by atoms with Crippen LogP contribution in [0.15, 0.2) is 18.3 Å². The van der Waals surface area contributed by atoms with Gasteiger partial charge in [0.1, 0.15) is 5.69 Å². The standard InChI is InChI=1S/C13H18ClN5O3S/c1-8(7-22-2)17-13(23)19-18-11(20)6-16-12(21)10-5-9(14)3-4-15-10/h3-5,8H,6-7H2,1-2H3,(H,16,21)(H,18,20)(H2,17,19,23)/t8-/m1/s1. The minimum Gasteiger partial charge on any atom is -0.383 e. The van der Waals surface area contributed by atoms with Gasteiger partial charge < -0.3 is 15.4 Å². The van der Waals surface area contributed by atoms with Crippen molar-refractivity contribution in [2.75, 3.05) is 20.3 Å². The van der Waals surface area contributed by atoms with Crippen molar-refractivity contribution >= 4 is 40.7 Å². The second-order valence-electron chi connectivity index (χ2n) is 4.55. The van der Waals surface area contributed by atoms with Crippen LogP contribution in [0.2, 0.25) is 5.02 Å². The lowest BCUT2D eigenvalue weighted by atomic mass is 10.3. The van der Waals surface area contributed by atoms with Crippen molar-refractivity contribution in [2.45, 2.75) is 13.0 Å². The summed E-state index contributed by atoms with van der Waals surface area (Å²) in [5.41, 5.74) is 5.00. The van der Waals surface area contributed by atoms with Gasteiger partial charge in [0.25, 0.3) is 11.8 Å². The zero-order valence-electron chi connectivity index (χ0n) is 12.7. The third-order valence-electron chi connectivity index (χ3n) is 2.47. The molecule has 0 aliphatic heterocycles. The van der Waals surface area contributed by atoms with Gasteiger partial charge in [0.05, 0.1) is 13.2 Å². The van der Waals surface area contributed by atoms with Crippen LogP contribution >= 0.6 is 23.8 Å². The molecular formula is C13H18ClN5O3S. The Bertz CT molecular complexity index is 572. The molecular weight excluding hydrogens is 342 g/mol. The molecule has 0 aromatic carbocycles. The number of rotatable bonds is 6. The lowest BCUT2D eigenvalue weighted by molar-refractivity contribution is -0.120. The number of carbonyl (C=O) groups excluding carboxylic acids is 2. The number of halogens is 1. The van der Waals surface area contributed by atoms with E-state index in [9.17, 15) is 9.59 Å². The fraction of sp³-hybridized carbons (Fsp3) is 0.385. The SMILES string of the molecule is COC[C@@H](C)NC(=S)NNC(=O)CNC(=O)c1cc(Cl)ccn1. The molecule has 1 aromatic rings. The van der Waals surface area contributed by atoms with Gasteiger partial charge in [-0.3, -0.25) is 25.4 Å². The van der Waals surface area contributed by atoms with Crippen LogP contribution in [0.3, 0.4) is 0 Å². The highest BCUT2D eigenvalue weighted by Crippen LogP contribution is 2.07. The first-order valence-electron chi connectivity index (χ1n) is 6.66. The van der Waals surface area contributed by atoms with Crippen LogP contribution in [0.5, 0.6) is 0 Å². The number of amides is 2. The van der Waals surface area contributed by atoms with E-state index in [-0.39, 0.29) is 23.4 Å². The number of hydrogen-bond donors (Lipinski definition) is 4. The van der Waals surface area contributed by atoms with Gasteiger partial charge in [-0.2, -0.15) is 0 Å². The Morgan fingerprint density at radius 1 is 1.43 bits per heavy atom. The van der Waals surface area contributed by atoms with Crippen LogP contribution in [0.4, 0.5) is 0 Å². The van der Waals surface area contributed by atoms with Crippen molar-refractivity contribution in [1.29, 1.82) is 0 Å². The molecule has 0 fully saturated rings. The Kier molecular flexibility index (Phi) is 8.23. The number of nitrogens with one attached hydrogen (secondary N) is 4. The Morgan fingerprint density at radius 3 is 2.83 bits per heavy atom. The summed E-state index contributed by atoms with van der Waals surface area (Å²) in [5, 5.41) is 5.94. The smallest absolute Gasteiger partial charge is 0.270 e. The number of pyridine rings is 1. The predicted molar refractivity (Wildman–Crippen MR) is 89.9 cm³/mol. The molecule has 2 amide bonds. The summed E-state index contributed by atoms with van der Waals surface area (Å²) in [6.07, 6.45) is 1.41. The van der Waals surface area contributed by atoms with Crippen LogP contribution in [0.1, 0.15) is 17.4 Å². The maximum Gasteiger partial charge on any atom is 0.270 e. The summed E-state index contributed by atoms with van der Waals surface area (Å²) in [7, 11) is 1.58. The van der Waals surface area contributed by atoms with Crippen molar-refractivity contribution in [3.8, 4) is 0 Å². The van der Waals surface area contributed by atoms with E-state index in [0.29, 0.717) is 11.6 Å². The fourth-order valence-electron chi connectivity index (χ4n) is 1.50. The maximum absolute atomic E-state index is 11.8. The highest BCUT2D eigenvalue weighted by Gasteiger charge is 2.10. The average Bonchev–Trinajstić information content (AvgIpc) is 2.50. The van der Waals surface area contributed by atoms with E-state index in [1.807, 2.05) is 6.92 Å². The first-order valence-corrected chi connectivity index (χ1v) is 7.45. The molecule has 0 aliphatic rings. The van der Waals surface area contributed by atoms with Crippen LogP contribution in [-0.2, 0) is 9.53 Å². The lowest BCUT2D eigenvalue weighted by Crippen LogP contribution is -2.52. The van der Waals surface area contributed by atoms with Gasteiger partial charge in [0, 0.05) is 24.4 Å². The quantitative estimate of drug-likeness (QED) is 0.418. The maximum atomic E-state index is 11.8. The van der Waals surface area contributed by atoms with E-state index < -0.39 is 11.8 Å². The van der Waals surface area contributed by atoms with Crippen LogP contribution < -0.4 is 21.5 Å². The molecule has 1 atom stereocenters. The Hall–Kier alpha value is -1.97. The van der Waals surface area contributed by atoms with Gasteiger partial charge in [0.15, 0.2) is 5.11 Å². The van der Waals surface area contributed by atoms with Crippen molar-refractivity contribution in [3.63, 3.8) is 0 Å². The van der Waals surface area contributed by atoms with E-state index >= 15 is 0 Å². The molecule has 1 rings (SSSR count). The number of nitrogens with zero attached hydrogens (tertiary/aromatic N) is 1. The molecule has 23 heavy (non-hydrogen) atoms. The largest absolute Gasteiger partial charge is 0.383 e. The zero-order valence-corrected chi connectivity index (χ0v) is 14.3. The van der Waals surface area contributed by atoms with E-state index in [1.165, 1.54) is 12.3 Å². The zero-order chi connectivity index (χ0) is 17.2. The van der Waals surface area contributed by atoms with Gasteiger partial charge in [-0.25, -0.2) is 0 Å². The highest BCUT2D eigenvalue weighted by molar-refractivity contribution is 7.80. The van der Waals surface area contributed by atoms with Crippen molar-refractivity contribution in [2.24, 2.45) is 0 Å². The molecule has 0 aliphatic carbocycles. The fourth-order valence-corrected chi connectivity index (χ4v) is 1.91. The van der Waals surface area contributed by atoms with Gasteiger partial charge in [-0.1, -0.05) is 11.6 Å². The van der Waals surface area contributed by atoms with E-state index in [1.54, 1.807) is 13.2 Å². The Balaban J connectivity index is 2.29. The van der Waals surface area contributed by atoms with Gasteiger partial charge >= 0.3 is 0 Å². The monoisotopic (exact) mass is 359 g/mol. The molecule has 1 aromatic heterocycles. The molecule has 0 saturated heterocycles. The van der Waals surface area contributed by atoms with E-state index in [2.05, 4.69) is 26.5 Å². The topological polar surface area (TPSA) is 104 Å². The number of ether oxygens (including phenoxy) is 1. The molecule has 0 unspecified atom stereocenters. The van der Waals surface area contributed by atoms with Crippen molar-refractivity contribution in [1.82, 2.24) is 26.5 Å². The molecule has 0 radical (unpaired) electrons. The summed E-state index contributed by atoms with van der Waals surface area (Å²) >= 11 is 10.7. The first kappa shape index (κ1) is 19.1. The first-order chi connectivity index (χ1) is 10.9. The molecule has 0 spiro atoms. The normalized spacial score (nSPS) is 11.3. The number of hydrogen-bond acceptors (Lipinski definition) is 5. The molecule has 126 valence electrons. The summed E-state index contributed by atoms with van der Waals surface area (Å²) in [6.45, 7) is 2.10. The number of thiocarbonyl (C=S) groups is 1. The number of aromatic nitrogens is 1. The summed E-state index contributed by atoms with van der Waals surface area (Å²) < 4.78 is 4.95. The molecule has 4 N–H and O–H groups in total. The second-order valence-corrected chi connectivity index (χ2v) is 5.39. The number of carbonyl (C=O) groups is 2. The van der Waals surface area contributed by atoms with Gasteiger partial charge in [0.2, 0.25) is 0 Å². The van der Waals surface area contributed by atoms with Crippen LogP contribution in [0, 0.1) is 0 Å². The summed E-state index contributed by atoms with van der Waals surface area (Å²) in [5.74, 6) is -0.971. The van der Waals surface area contributed by atoms with Crippen molar-refractivity contribution in [3.05, 3.63) is 29.0 Å². The average molecular weight is 360 g/mol. The third kappa shape index (κ3) is 7.73. The Labute approximate surface area is 144 Å². The molecule has 1 heterocycles. The van der Waals surface area contributed by atoms with E-state index in [4.69, 9.17) is 28.6 Å². The van der Waals surface area contributed by atoms with Crippen LogP contribution in [0.25, 0.3) is 0 Å². The Morgan fingerprint density at radius 2 is 2.17 bits per heavy atom. The number of methoxy groups -OCH3 is 1. The van der Waals surface area contributed by atoms with Crippen molar-refractivity contribution < 1.29 is 14.3 Å². The van der Waals surface area contributed by atoms with Crippen LogP contribution in [-0.4, -0.2) is 48.2 Å².